The number of nitrogens with two attached hydrogens (primary N) is 1. The van der Waals surface area contributed by atoms with Crippen molar-refractivity contribution in [2.45, 2.75) is 52.1 Å². The predicted octanol–water partition coefficient (Wildman–Crippen LogP) is 3.71. The van der Waals surface area contributed by atoms with Crippen LogP contribution in [0.15, 0.2) is 16.7 Å². The monoisotopic (exact) mass is 325 g/mol. The van der Waals surface area contributed by atoms with Gasteiger partial charge in [-0.2, -0.15) is 0 Å². The van der Waals surface area contributed by atoms with Gasteiger partial charge in [-0.15, -0.1) is 0 Å². The van der Waals surface area contributed by atoms with Gasteiger partial charge in [0.1, 0.15) is 5.82 Å². The number of anilines is 1. The van der Waals surface area contributed by atoms with Crippen molar-refractivity contribution < 1.29 is 0 Å². The molecule has 19 heavy (non-hydrogen) atoms. The average molecular weight is 326 g/mol. The minimum Gasteiger partial charge on any atom is -0.356 e. The van der Waals surface area contributed by atoms with Gasteiger partial charge in [-0.1, -0.05) is 13.8 Å². The van der Waals surface area contributed by atoms with Gasteiger partial charge in [0.25, 0.3) is 0 Å². The molecule has 106 valence electrons. The standard InChI is InChI=1S/C15H24BrN3/c1-15(2)6-4-13(5-7-15)19(3)14-11(9-17)8-12(16)10-18-14/h8,10,13H,4-7,9,17H2,1-3H3. The number of hydrogen-bond donors (Lipinski definition) is 1. The lowest BCUT2D eigenvalue weighted by atomic mass is 9.75. The molecule has 1 saturated carbocycles. The highest BCUT2D eigenvalue weighted by atomic mass is 79.9. The SMILES string of the molecule is CN(c1ncc(Br)cc1CN)C1CCC(C)(C)CC1. The first kappa shape index (κ1) is 14.8. The van der Waals surface area contributed by atoms with E-state index in [2.05, 4.69) is 52.8 Å². The molecule has 1 heterocycles. The van der Waals surface area contributed by atoms with E-state index < -0.39 is 0 Å². The van der Waals surface area contributed by atoms with Crippen molar-refractivity contribution >= 4 is 21.7 Å². The van der Waals surface area contributed by atoms with Gasteiger partial charge >= 0.3 is 0 Å². The zero-order valence-electron chi connectivity index (χ0n) is 12.1. The van der Waals surface area contributed by atoms with Crippen molar-refractivity contribution in [1.82, 2.24) is 4.98 Å². The Morgan fingerprint density at radius 2 is 2.05 bits per heavy atom. The van der Waals surface area contributed by atoms with Crippen molar-refractivity contribution in [3.05, 3.63) is 22.3 Å². The first-order valence-corrected chi connectivity index (χ1v) is 7.79. The summed E-state index contributed by atoms with van der Waals surface area (Å²) >= 11 is 3.46. The molecule has 4 heteroatoms. The molecule has 1 aliphatic rings. The lowest BCUT2D eigenvalue weighted by Crippen LogP contribution is -2.38. The molecule has 2 N–H and O–H groups in total. The molecule has 1 aromatic heterocycles. The highest BCUT2D eigenvalue weighted by Gasteiger charge is 2.29. The van der Waals surface area contributed by atoms with Crippen LogP contribution in [0.25, 0.3) is 0 Å². The third kappa shape index (κ3) is 3.48. The molecule has 0 aliphatic heterocycles. The van der Waals surface area contributed by atoms with Crippen LogP contribution in [0.2, 0.25) is 0 Å². The molecular formula is C15H24BrN3. The fourth-order valence-electron chi connectivity index (χ4n) is 2.89. The highest BCUT2D eigenvalue weighted by molar-refractivity contribution is 9.10. The van der Waals surface area contributed by atoms with Crippen molar-refractivity contribution in [2.75, 3.05) is 11.9 Å². The second-order valence-electron chi connectivity index (χ2n) is 6.35. The summed E-state index contributed by atoms with van der Waals surface area (Å²) < 4.78 is 0.995. The maximum Gasteiger partial charge on any atom is 0.133 e. The van der Waals surface area contributed by atoms with Crippen LogP contribution in [0, 0.1) is 5.41 Å². The van der Waals surface area contributed by atoms with Gasteiger partial charge in [-0.05, 0) is 53.1 Å². The van der Waals surface area contributed by atoms with Gasteiger partial charge in [0, 0.05) is 35.9 Å². The minimum atomic E-state index is 0.501. The summed E-state index contributed by atoms with van der Waals surface area (Å²) in [5, 5.41) is 0. The fourth-order valence-corrected chi connectivity index (χ4v) is 3.26. The fraction of sp³-hybridized carbons (Fsp3) is 0.667. The molecule has 1 aromatic rings. The summed E-state index contributed by atoms with van der Waals surface area (Å²) in [6.45, 7) is 5.27. The number of hydrogen-bond acceptors (Lipinski definition) is 3. The Balaban J connectivity index is 2.14. The smallest absolute Gasteiger partial charge is 0.133 e. The number of halogens is 1. The summed E-state index contributed by atoms with van der Waals surface area (Å²) in [5.41, 5.74) is 7.46. The Bertz CT molecular complexity index is 435. The Labute approximate surface area is 124 Å². The first-order chi connectivity index (χ1) is 8.93. The number of nitrogens with zero attached hydrogens (tertiary/aromatic N) is 2. The summed E-state index contributed by atoms with van der Waals surface area (Å²) in [4.78, 5) is 6.88. The zero-order valence-corrected chi connectivity index (χ0v) is 13.7. The van der Waals surface area contributed by atoms with Crippen LogP contribution in [-0.4, -0.2) is 18.1 Å². The van der Waals surface area contributed by atoms with E-state index in [1.54, 1.807) is 0 Å². The maximum atomic E-state index is 5.84. The lowest BCUT2D eigenvalue weighted by Gasteiger charge is -2.39. The van der Waals surface area contributed by atoms with Gasteiger partial charge in [-0.25, -0.2) is 4.98 Å². The molecule has 0 amide bonds. The van der Waals surface area contributed by atoms with E-state index in [-0.39, 0.29) is 0 Å². The number of pyridine rings is 1. The molecule has 0 atom stereocenters. The molecule has 0 spiro atoms. The van der Waals surface area contributed by atoms with E-state index in [0.717, 1.165) is 15.9 Å². The van der Waals surface area contributed by atoms with Gasteiger partial charge in [-0.3, -0.25) is 0 Å². The average Bonchev–Trinajstić information content (AvgIpc) is 2.37. The summed E-state index contributed by atoms with van der Waals surface area (Å²) in [7, 11) is 2.15. The van der Waals surface area contributed by atoms with Crippen LogP contribution in [0.4, 0.5) is 5.82 Å². The molecule has 0 saturated heterocycles. The van der Waals surface area contributed by atoms with Gasteiger partial charge in [0.05, 0.1) is 0 Å². The molecule has 1 aliphatic carbocycles. The molecule has 0 radical (unpaired) electrons. The maximum absolute atomic E-state index is 5.84. The third-order valence-electron chi connectivity index (χ3n) is 4.32. The largest absolute Gasteiger partial charge is 0.356 e. The van der Waals surface area contributed by atoms with Gasteiger partial charge in [0.15, 0.2) is 0 Å². The van der Waals surface area contributed by atoms with Crippen LogP contribution >= 0.6 is 15.9 Å². The summed E-state index contributed by atoms with van der Waals surface area (Å²) in [6.07, 6.45) is 6.92. The topological polar surface area (TPSA) is 42.2 Å². The van der Waals surface area contributed by atoms with E-state index in [1.165, 1.54) is 25.7 Å². The second kappa shape index (κ2) is 5.80. The van der Waals surface area contributed by atoms with Crippen LogP contribution in [0.3, 0.4) is 0 Å². The Morgan fingerprint density at radius 1 is 1.42 bits per heavy atom. The molecule has 1 fully saturated rings. The minimum absolute atomic E-state index is 0.501. The van der Waals surface area contributed by atoms with Crippen molar-refractivity contribution in [3.63, 3.8) is 0 Å². The van der Waals surface area contributed by atoms with E-state index in [0.29, 0.717) is 18.0 Å². The lowest BCUT2D eigenvalue weighted by molar-refractivity contribution is 0.222. The third-order valence-corrected chi connectivity index (χ3v) is 4.75. The normalized spacial score (nSPS) is 19.4. The van der Waals surface area contributed by atoms with E-state index in [9.17, 15) is 0 Å². The Hall–Kier alpha value is -0.610. The molecular weight excluding hydrogens is 302 g/mol. The predicted molar refractivity (Wildman–Crippen MR) is 84.3 cm³/mol. The molecule has 0 unspecified atom stereocenters. The van der Waals surface area contributed by atoms with Crippen LogP contribution in [-0.2, 0) is 6.54 Å². The quantitative estimate of drug-likeness (QED) is 0.921. The van der Waals surface area contributed by atoms with Crippen LogP contribution < -0.4 is 10.6 Å². The van der Waals surface area contributed by atoms with Crippen LogP contribution in [0.5, 0.6) is 0 Å². The van der Waals surface area contributed by atoms with E-state index in [4.69, 9.17) is 5.73 Å². The van der Waals surface area contributed by atoms with Crippen molar-refractivity contribution in [1.29, 1.82) is 0 Å². The first-order valence-electron chi connectivity index (χ1n) is 7.00. The zero-order chi connectivity index (χ0) is 14.0. The van der Waals surface area contributed by atoms with E-state index in [1.807, 2.05) is 6.20 Å². The highest BCUT2D eigenvalue weighted by Crippen LogP contribution is 2.37. The number of rotatable bonds is 3. The summed E-state index contributed by atoms with van der Waals surface area (Å²) in [6, 6.07) is 2.66. The Morgan fingerprint density at radius 3 is 2.63 bits per heavy atom. The van der Waals surface area contributed by atoms with Gasteiger partial charge in [0.2, 0.25) is 0 Å². The molecule has 2 rings (SSSR count). The van der Waals surface area contributed by atoms with Crippen molar-refractivity contribution in [2.24, 2.45) is 11.1 Å². The summed E-state index contributed by atoms with van der Waals surface area (Å²) in [5.74, 6) is 1.04. The van der Waals surface area contributed by atoms with Crippen molar-refractivity contribution in [3.8, 4) is 0 Å². The van der Waals surface area contributed by atoms with Gasteiger partial charge < -0.3 is 10.6 Å². The second-order valence-corrected chi connectivity index (χ2v) is 7.26. The Kier molecular flexibility index (Phi) is 4.51. The molecule has 0 aromatic carbocycles. The van der Waals surface area contributed by atoms with E-state index >= 15 is 0 Å². The number of aromatic nitrogens is 1. The molecule has 3 nitrogen and oxygen atoms in total. The van der Waals surface area contributed by atoms with Crippen LogP contribution in [0.1, 0.15) is 45.1 Å². The molecule has 0 bridgehead atoms.